The highest BCUT2D eigenvalue weighted by molar-refractivity contribution is 6.08. The summed E-state index contributed by atoms with van der Waals surface area (Å²) in [7, 11) is 0. The molecule has 0 saturated carbocycles. The van der Waals surface area contributed by atoms with E-state index in [1.807, 2.05) is 62.4 Å². The van der Waals surface area contributed by atoms with Crippen molar-refractivity contribution in [3.63, 3.8) is 0 Å². The second-order valence-corrected chi connectivity index (χ2v) is 6.57. The molecule has 4 aromatic rings. The van der Waals surface area contributed by atoms with Gasteiger partial charge in [-0.2, -0.15) is 5.10 Å². The average molecular weight is 402 g/mol. The van der Waals surface area contributed by atoms with E-state index in [1.165, 1.54) is 6.21 Å². The summed E-state index contributed by atoms with van der Waals surface area (Å²) in [5.74, 6) is 1.14. The lowest BCUT2D eigenvalue weighted by molar-refractivity contribution is 0.0929. The highest BCUT2D eigenvalue weighted by Gasteiger charge is 2.13. The van der Waals surface area contributed by atoms with Gasteiger partial charge in [-0.05, 0) is 48.9 Å². The first-order valence-electron chi connectivity index (χ1n) is 9.84. The summed E-state index contributed by atoms with van der Waals surface area (Å²) in [5.41, 5.74) is 3.91. The highest BCUT2D eigenvalue weighted by atomic mass is 16.5. The van der Waals surface area contributed by atoms with E-state index in [-0.39, 0.29) is 5.76 Å². The molecule has 0 aliphatic carbocycles. The third-order valence-corrected chi connectivity index (χ3v) is 4.62. The van der Waals surface area contributed by atoms with Gasteiger partial charge in [0, 0.05) is 17.0 Å². The van der Waals surface area contributed by atoms with Crippen LogP contribution >= 0.6 is 0 Å². The molecule has 0 atom stereocenters. The van der Waals surface area contributed by atoms with Gasteiger partial charge >= 0.3 is 5.91 Å². The van der Waals surface area contributed by atoms with Crippen LogP contribution in [0.1, 0.15) is 30.0 Å². The zero-order valence-corrected chi connectivity index (χ0v) is 16.8. The number of furan rings is 1. The van der Waals surface area contributed by atoms with Crippen molar-refractivity contribution in [3.8, 4) is 11.5 Å². The number of hydrogen-bond donors (Lipinski definition) is 1. The van der Waals surface area contributed by atoms with Crippen molar-refractivity contribution in [1.82, 2.24) is 5.43 Å². The Bertz CT molecular complexity index is 1230. The molecule has 1 amide bonds. The average Bonchev–Trinajstić information content (AvgIpc) is 3.21. The van der Waals surface area contributed by atoms with E-state index in [9.17, 15) is 4.79 Å². The largest absolute Gasteiger partial charge is 0.494 e. The molecular weight excluding hydrogens is 380 g/mol. The summed E-state index contributed by atoms with van der Waals surface area (Å²) >= 11 is 0. The molecule has 0 aliphatic heterocycles. The van der Waals surface area contributed by atoms with Crippen LogP contribution in [0, 0.1) is 0 Å². The fourth-order valence-electron chi connectivity index (χ4n) is 3.28. The van der Waals surface area contributed by atoms with Gasteiger partial charge in [-0.3, -0.25) is 4.79 Å². The Labute approximate surface area is 174 Å². The molecule has 3 aromatic carbocycles. The van der Waals surface area contributed by atoms with E-state index in [2.05, 4.69) is 10.5 Å². The lowest BCUT2D eigenvalue weighted by Crippen LogP contribution is -2.16. The third kappa shape index (κ3) is 3.98. The Morgan fingerprint density at radius 3 is 2.67 bits per heavy atom. The fourth-order valence-corrected chi connectivity index (χ4v) is 3.28. The molecule has 0 spiro atoms. The number of carbonyl (C=O) groups excluding carboxylic acids is 1. The predicted octanol–water partition coefficient (Wildman–Crippen LogP) is 5.15. The van der Waals surface area contributed by atoms with Gasteiger partial charge in [0.2, 0.25) is 0 Å². The van der Waals surface area contributed by atoms with Crippen LogP contribution in [0.25, 0.3) is 21.7 Å². The number of rotatable bonds is 7. The number of hydrogen-bond acceptors (Lipinski definition) is 5. The second-order valence-electron chi connectivity index (χ2n) is 6.57. The van der Waals surface area contributed by atoms with Crippen molar-refractivity contribution in [2.24, 2.45) is 5.10 Å². The molecule has 152 valence electrons. The van der Waals surface area contributed by atoms with Gasteiger partial charge in [-0.25, -0.2) is 5.43 Å². The Morgan fingerprint density at radius 2 is 1.83 bits per heavy atom. The van der Waals surface area contributed by atoms with Crippen molar-refractivity contribution in [3.05, 3.63) is 72.0 Å². The summed E-state index contributed by atoms with van der Waals surface area (Å²) in [6.07, 6.45) is 1.54. The number of nitrogens with zero attached hydrogens (tertiary/aromatic N) is 1. The molecule has 1 aromatic heterocycles. The molecule has 0 saturated heterocycles. The van der Waals surface area contributed by atoms with Crippen molar-refractivity contribution in [2.45, 2.75) is 13.8 Å². The van der Waals surface area contributed by atoms with Gasteiger partial charge < -0.3 is 13.9 Å². The van der Waals surface area contributed by atoms with Crippen molar-refractivity contribution >= 4 is 33.9 Å². The van der Waals surface area contributed by atoms with E-state index in [1.54, 1.807) is 12.1 Å². The van der Waals surface area contributed by atoms with E-state index < -0.39 is 5.91 Å². The van der Waals surface area contributed by atoms with Crippen LogP contribution in [0.3, 0.4) is 0 Å². The summed E-state index contributed by atoms with van der Waals surface area (Å²) in [5, 5.41) is 7.09. The van der Waals surface area contributed by atoms with Gasteiger partial charge in [-0.15, -0.1) is 0 Å². The SMILES string of the molecule is CCOc1ccc(/C=N/NC(=O)c2cc3c(ccc4ccccc43)o2)c(OCC)c1. The highest BCUT2D eigenvalue weighted by Crippen LogP contribution is 2.28. The first kappa shape index (κ1) is 19.5. The second kappa shape index (κ2) is 8.69. The van der Waals surface area contributed by atoms with E-state index in [0.29, 0.717) is 24.5 Å². The topological polar surface area (TPSA) is 73.1 Å². The van der Waals surface area contributed by atoms with Gasteiger partial charge in [0.25, 0.3) is 0 Å². The van der Waals surface area contributed by atoms with Crippen LogP contribution in [0.15, 0.2) is 70.2 Å². The first-order valence-corrected chi connectivity index (χ1v) is 9.84. The molecule has 1 heterocycles. The molecule has 1 N–H and O–H groups in total. The number of nitrogens with one attached hydrogen (secondary N) is 1. The maximum absolute atomic E-state index is 12.5. The predicted molar refractivity (Wildman–Crippen MR) is 118 cm³/mol. The van der Waals surface area contributed by atoms with Gasteiger partial charge in [0.15, 0.2) is 5.76 Å². The Morgan fingerprint density at radius 1 is 1.00 bits per heavy atom. The number of fused-ring (bicyclic) bond motifs is 3. The van der Waals surface area contributed by atoms with Crippen LogP contribution in [-0.2, 0) is 0 Å². The minimum absolute atomic E-state index is 0.204. The van der Waals surface area contributed by atoms with E-state index >= 15 is 0 Å². The van der Waals surface area contributed by atoms with Gasteiger partial charge in [0.05, 0.1) is 19.4 Å². The molecule has 4 rings (SSSR count). The van der Waals surface area contributed by atoms with Crippen LogP contribution in [0.2, 0.25) is 0 Å². The number of carbonyl (C=O) groups is 1. The monoisotopic (exact) mass is 402 g/mol. The summed E-state index contributed by atoms with van der Waals surface area (Å²) in [6, 6.07) is 19.0. The molecule has 0 bridgehead atoms. The number of amides is 1. The molecular formula is C24H22N2O4. The van der Waals surface area contributed by atoms with Crippen LogP contribution < -0.4 is 14.9 Å². The standard InChI is InChI=1S/C24H22N2O4/c1-3-28-18-11-9-17(22(13-18)29-4-2)15-25-26-24(27)23-14-20-19-8-6-5-7-16(19)10-12-21(20)30-23/h5-15H,3-4H2,1-2H3,(H,26,27)/b25-15+. The van der Waals surface area contributed by atoms with E-state index in [4.69, 9.17) is 13.9 Å². The van der Waals surface area contributed by atoms with Gasteiger partial charge in [0.1, 0.15) is 17.1 Å². The maximum Gasteiger partial charge on any atom is 0.307 e. The fraction of sp³-hybridized carbons (Fsp3) is 0.167. The minimum Gasteiger partial charge on any atom is -0.494 e. The number of benzene rings is 3. The first-order chi connectivity index (χ1) is 14.7. The lowest BCUT2D eigenvalue weighted by Gasteiger charge is -2.09. The van der Waals surface area contributed by atoms with Crippen LogP contribution in [0.5, 0.6) is 11.5 Å². The molecule has 6 heteroatoms. The van der Waals surface area contributed by atoms with Crippen molar-refractivity contribution < 1.29 is 18.7 Å². The molecule has 30 heavy (non-hydrogen) atoms. The maximum atomic E-state index is 12.5. The van der Waals surface area contributed by atoms with Crippen molar-refractivity contribution in [1.29, 1.82) is 0 Å². The number of ether oxygens (including phenoxy) is 2. The zero-order valence-electron chi connectivity index (χ0n) is 16.8. The smallest absolute Gasteiger partial charge is 0.307 e. The quantitative estimate of drug-likeness (QED) is 0.343. The zero-order chi connectivity index (χ0) is 20.9. The van der Waals surface area contributed by atoms with Crippen molar-refractivity contribution in [2.75, 3.05) is 13.2 Å². The normalized spacial score (nSPS) is 11.3. The summed E-state index contributed by atoms with van der Waals surface area (Å²) in [4.78, 5) is 12.5. The molecule has 0 aliphatic rings. The van der Waals surface area contributed by atoms with Crippen LogP contribution in [0.4, 0.5) is 0 Å². The molecule has 0 fully saturated rings. The Hall–Kier alpha value is -3.80. The number of hydrazone groups is 1. The van der Waals surface area contributed by atoms with Gasteiger partial charge in [-0.1, -0.05) is 30.3 Å². The lowest BCUT2D eigenvalue weighted by atomic mass is 10.1. The third-order valence-electron chi connectivity index (χ3n) is 4.62. The molecule has 0 unspecified atom stereocenters. The Kier molecular flexibility index (Phi) is 5.66. The summed E-state index contributed by atoms with van der Waals surface area (Å²) < 4.78 is 16.9. The Balaban J connectivity index is 1.53. The molecule has 0 radical (unpaired) electrons. The minimum atomic E-state index is -0.421. The molecule has 6 nitrogen and oxygen atoms in total. The summed E-state index contributed by atoms with van der Waals surface area (Å²) in [6.45, 7) is 4.91. The van der Waals surface area contributed by atoms with E-state index in [0.717, 1.165) is 27.5 Å². The van der Waals surface area contributed by atoms with Crippen LogP contribution in [-0.4, -0.2) is 25.3 Å².